The predicted octanol–water partition coefficient (Wildman–Crippen LogP) is 2.11. The van der Waals surface area contributed by atoms with E-state index in [1.807, 2.05) is 35.8 Å². The summed E-state index contributed by atoms with van der Waals surface area (Å²) < 4.78 is 25.2. The first-order chi connectivity index (χ1) is 15.3. The molecule has 3 N–H and O–H groups in total. The summed E-state index contributed by atoms with van der Waals surface area (Å²) in [4.78, 5) is 29.7. The predicted molar refractivity (Wildman–Crippen MR) is 125 cm³/mol. The van der Waals surface area contributed by atoms with E-state index in [2.05, 4.69) is 15.6 Å². The molecule has 2 unspecified atom stereocenters. The summed E-state index contributed by atoms with van der Waals surface area (Å²) in [7, 11) is -3.32. The van der Waals surface area contributed by atoms with Gasteiger partial charge in [-0.1, -0.05) is 24.3 Å². The number of amides is 2. The van der Waals surface area contributed by atoms with Gasteiger partial charge in [0.05, 0.1) is 11.1 Å². The van der Waals surface area contributed by atoms with Gasteiger partial charge >= 0.3 is 0 Å². The number of thiophene rings is 1. The Balaban J connectivity index is 1.52. The first-order valence-electron chi connectivity index (χ1n) is 10.5. The molecule has 1 aromatic carbocycles. The van der Waals surface area contributed by atoms with Crippen molar-refractivity contribution in [3.63, 3.8) is 0 Å². The van der Waals surface area contributed by atoms with E-state index in [-0.39, 0.29) is 24.4 Å². The normalized spacial score (nSPS) is 18.3. The van der Waals surface area contributed by atoms with Crippen LogP contribution in [0.3, 0.4) is 0 Å². The van der Waals surface area contributed by atoms with Crippen LogP contribution in [-0.2, 0) is 21.2 Å². The van der Waals surface area contributed by atoms with Crippen LogP contribution in [-0.4, -0.2) is 61.0 Å². The van der Waals surface area contributed by atoms with Gasteiger partial charge in [0.25, 0.3) is 5.91 Å². The Kier molecular flexibility index (Phi) is 6.63. The van der Waals surface area contributed by atoms with Crippen LogP contribution in [0.4, 0.5) is 0 Å². The number of H-pyrrole nitrogens is 1. The van der Waals surface area contributed by atoms with Gasteiger partial charge in [-0.05, 0) is 35.9 Å². The van der Waals surface area contributed by atoms with Gasteiger partial charge in [0, 0.05) is 42.7 Å². The molecule has 10 heteroatoms. The lowest BCUT2D eigenvalue weighted by Gasteiger charge is -2.32. The number of hydrogen-bond acceptors (Lipinski definition) is 5. The third kappa shape index (κ3) is 5.20. The lowest BCUT2D eigenvalue weighted by molar-refractivity contribution is -0.123. The molecule has 0 saturated carbocycles. The molecule has 2 amide bonds. The lowest BCUT2D eigenvalue weighted by atomic mass is 10.0. The third-order valence-corrected chi connectivity index (χ3v) is 7.80. The molecule has 1 saturated heterocycles. The number of para-hydroxylation sites is 1. The Labute approximate surface area is 191 Å². The van der Waals surface area contributed by atoms with Crippen molar-refractivity contribution < 1.29 is 18.0 Å². The SMILES string of the molecule is CS(=O)(=O)N1CCCC(NC(=O)C(Cc2c[nH]c3ccccc23)NC(=O)c2cccs2)C1. The summed E-state index contributed by atoms with van der Waals surface area (Å²) in [5, 5.41) is 8.64. The summed E-state index contributed by atoms with van der Waals surface area (Å²) in [5.74, 6) is -0.623. The molecule has 0 radical (unpaired) electrons. The molecule has 4 rings (SSSR count). The minimum atomic E-state index is -3.32. The Bertz CT molecular complexity index is 1200. The second-order valence-electron chi connectivity index (χ2n) is 8.04. The van der Waals surface area contributed by atoms with Gasteiger partial charge in [0.2, 0.25) is 15.9 Å². The zero-order chi connectivity index (χ0) is 22.7. The van der Waals surface area contributed by atoms with E-state index in [1.165, 1.54) is 21.9 Å². The second kappa shape index (κ2) is 9.43. The Hall–Kier alpha value is -2.69. The second-order valence-corrected chi connectivity index (χ2v) is 11.0. The van der Waals surface area contributed by atoms with E-state index >= 15 is 0 Å². The first-order valence-corrected chi connectivity index (χ1v) is 13.2. The molecular weight excluding hydrogens is 448 g/mol. The summed E-state index contributed by atoms with van der Waals surface area (Å²) >= 11 is 1.31. The van der Waals surface area contributed by atoms with E-state index in [0.29, 0.717) is 30.7 Å². The van der Waals surface area contributed by atoms with Crippen molar-refractivity contribution >= 4 is 44.1 Å². The molecular formula is C22H26N4O4S2. The number of carbonyl (C=O) groups is 2. The maximum absolute atomic E-state index is 13.2. The van der Waals surface area contributed by atoms with E-state index < -0.39 is 16.1 Å². The number of carbonyl (C=O) groups excluding carboxylic acids is 2. The number of hydrogen-bond donors (Lipinski definition) is 3. The molecule has 3 heterocycles. The van der Waals surface area contributed by atoms with Crippen LogP contribution in [0.5, 0.6) is 0 Å². The van der Waals surface area contributed by atoms with Gasteiger partial charge in [-0.2, -0.15) is 0 Å². The molecule has 3 aromatic rings. The van der Waals surface area contributed by atoms with Crippen LogP contribution >= 0.6 is 11.3 Å². The summed E-state index contributed by atoms with van der Waals surface area (Å²) in [6.45, 7) is 0.697. The van der Waals surface area contributed by atoms with Crippen LogP contribution in [0.25, 0.3) is 10.9 Å². The largest absolute Gasteiger partial charge is 0.361 e. The minimum Gasteiger partial charge on any atom is -0.361 e. The van der Waals surface area contributed by atoms with E-state index in [0.717, 1.165) is 16.5 Å². The van der Waals surface area contributed by atoms with Crippen molar-refractivity contribution in [2.75, 3.05) is 19.3 Å². The molecule has 0 bridgehead atoms. The number of fused-ring (bicyclic) bond motifs is 1. The number of nitrogens with zero attached hydrogens (tertiary/aromatic N) is 1. The topological polar surface area (TPSA) is 111 Å². The van der Waals surface area contributed by atoms with Crippen LogP contribution in [0.1, 0.15) is 28.1 Å². The fraction of sp³-hybridized carbons (Fsp3) is 0.364. The van der Waals surface area contributed by atoms with Crippen LogP contribution in [0.15, 0.2) is 48.0 Å². The van der Waals surface area contributed by atoms with Crippen LogP contribution in [0.2, 0.25) is 0 Å². The number of sulfonamides is 1. The molecule has 8 nitrogen and oxygen atoms in total. The highest BCUT2D eigenvalue weighted by atomic mass is 32.2. The molecule has 2 aromatic heterocycles. The maximum Gasteiger partial charge on any atom is 0.262 e. The molecule has 1 aliphatic heterocycles. The smallest absolute Gasteiger partial charge is 0.262 e. The lowest BCUT2D eigenvalue weighted by Crippen LogP contribution is -2.55. The van der Waals surface area contributed by atoms with Gasteiger partial charge in [0.1, 0.15) is 6.04 Å². The van der Waals surface area contributed by atoms with Crippen molar-refractivity contribution in [2.45, 2.75) is 31.3 Å². The third-order valence-electron chi connectivity index (χ3n) is 5.67. The number of nitrogens with one attached hydrogen (secondary N) is 3. The number of aromatic nitrogens is 1. The fourth-order valence-electron chi connectivity index (χ4n) is 4.03. The van der Waals surface area contributed by atoms with E-state index in [1.54, 1.807) is 12.1 Å². The summed E-state index contributed by atoms with van der Waals surface area (Å²) in [6.07, 6.45) is 4.71. The van der Waals surface area contributed by atoms with Crippen molar-refractivity contribution in [3.05, 3.63) is 58.4 Å². The van der Waals surface area contributed by atoms with Gasteiger partial charge in [0.15, 0.2) is 0 Å². The highest BCUT2D eigenvalue weighted by Crippen LogP contribution is 2.20. The molecule has 0 spiro atoms. The summed E-state index contributed by atoms with van der Waals surface area (Å²) in [5.41, 5.74) is 1.89. The highest BCUT2D eigenvalue weighted by molar-refractivity contribution is 7.88. The molecule has 170 valence electrons. The molecule has 0 aliphatic carbocycles. The minimum absolute atomic E-state index is 0.239. The first kappa shape index (κ1) is 22.5. The van der Waals surface area contributed by atoms with Crippen molar-refractivity contribution in [1.29, 1.82) is 0 Å². The van der Waals surface area contributed by atoms with E-state index in [4.69, 9.17) is 0 Å². The number of piperidine rings is 1. The number of benzene rings is 1. The zero-order valence-corrected chi connectivity index (χ0v) is 19.3. The van der Waals surface area contributed by atoms with Crippen molar-refractivity contribution in [2.24, 2.45) is 0 Å². The summed E-state index contributed by atoms with van der Waals surface area (Å²) in [6, 6.07) is 10.2. The van der Waals surface area contributed by atoms with Gasteiger partial charge in [-0.15, -0.1) is 11.3 Å². The molecule has 1 fully saturated rings. The Morgan fingerprint density at radius 3 is 2.81 bits per heavy atom. The molecule has 2 atom stereocenters. The zero-order valence-electron chi connectivity index (χ0n) is 17.7. The average molecular weight is 475 g/mol. The van der Waals surface area contributed by atoms with Crippen LogP contribution < -0.4 is 10.6 Å². The quantitative estimate of drug-likeness (QED) is 0.487. The fourth-order valence-corrected chi connectivity index (χ4v) is 5.57. The Morgan fingerprint density at radius 1 is 1.25 bits per heavy atom. The Morgan fingerprint density at radius 2 is 2.06 bits per heavy atom. The number of rotatable bonds is 7. The van der Waals surface area contributed by atoms with Gasteiger partial charge < -0.3 is 15.6 Å². The van der Waals surface area contributed by atoms with Crippen molar-refractivity contribution in [3.8, 4) is 0 Å². The van der Waals surface area contributed by atoms with E-state index in [9.17, 15) is 18.0 Å². The van der Waals surface area contributed by atoms with Gasteiger partial charge in [-0.25, -0.2) is 12.7 Å². The molecule has 32 heavy (non-hydrogen) atoms. The number of aromatic amines is 1. The van der Waals surface area contributed by atoms with Crippen LogP contribution in [0, 0.1) is 0 Å². The average Bonchev–Trinajstić information content (AvgIpc) is 3.43. The van der Waals surface area contributed by atoms with Crippen molar-refractivity contribution in [1.82, 2.24) is 19.9 Å². The maximum atomic E-state index is 13.2. The molecule has 1 aliphatic rings. The monoisotopic (exact) mass is 474 g/mol. The highest BCUT2D eigenvalue weighted by Gasteiger charge is 2.30. The van der Waals surface area contributed by atoms with Gasteiger partial charge in [-0.3, -0.25) is 9.59 Å². The standard InChI is InChI=1S/C22H26N4O4S2/c1-32(29,30)26-10-4-6-16(14-26)24-21(27)19(25-22(28)20-9-5-11-31-20)12-15-13-23-18-8-3-2-7-17(15)18/h2-3,5,7-9,11,13,16,19,23H,4,6,10,12,14H2,1H3,(H,24,27)(H,25,28).